The van der Waals surface area contributed by atoms with Crippen molar-refractivity contribution in [1.29, 1.82) is 0 Å². The molecule has 0 aliphatic heterocycles. The molecule has 10 nitrogen and oxygen atoms in total. The number of hydrazone groups is 1. The second-order valence-electron chi connectivity index (χ2n) is 5.14. The molecule has 10 heteroatoms. The maximum atomic E-state index is 10.6. The lowest BCUT2D eigenvalue weighted by Crippen LogP contribution is -2.04. The summed E-state index contributed by atoms with van der Waals surface area (Å²) in [5.74, 6) is 1.36. The summed E-state index contributed by atoms with van der Waals surface area (Å²) >= 11 is 0. The molecule has 1 heterocycles. The van der Waals surface area contributed by atoms with E-state index in [-0.39, 0.29) is 5.69 Å². The number of nitrogens with one attached hydrogen (secondary N) is 1. The van der Waals surface area contributed by atoms with E-state index in [0.29, 0.717) is 17.9 Å². The first-order chi connectivity index (χ1) is 12.7. The van der Waals surface area contributed by atoms with Crippen LogP contribution >= 0.6 is 0 Å². The average Bonchev–Trinajstić information content (AvgIpc) is 3.14. The van der Waals surface area contributed by atoms with Crippen LogP contribution in [0.2, 0.25) is 0 Å². The first-order valence-corrected chi connectivity index (χ1v) is 7.61. The number of hydrogen-bond acceptors (Lipinski definition) is 8. The number of aromatic nitrogens is 4. The first-order valence-electron chi connectivity index (χ1n) is 7.61. The van der Waals surface area contributed by atoms with Gasteiger partial charge >= 0.3 is 0 Å². The van der Waals surface area contributed by atoms with E-state index >= 15 is 0 Å². The Hall–Kier alpha value is -3.82. The van der Waals surface area contributed by atoms with Crippen LogP contribution in [0.3, 0.4) is 0 Å². The first kappa shape index (κ1) is 17.0. The average molecular weight is 353 g/mol. The van der Waals surface area contributed by atoms with Crippen molar-refractivity contribution in [3.8, 4) is 11.4 Å². The number of nitrogens with zero attached hydrogens (tertiary/aromatic N) is 6. The molecular weight excluding hydrogens is 338 g/mol. The van der Waals surface area contributed by atoms with Gasteiger partial charge in [-0.05, 0) is 46.8 Å². The second kappa shape index (κ2) is 7.83. The molecule has 0 atom stereocenters. The van der Waals surface area contributed by atoms with Gasteiger partial charge in [0.25, 0.3) is 5.69 Å². The molecule has 1 N–H and O–H groups in total. The Morgan fingerprint density at radius 3 is 2.62 bits per heavy atom. The number of hydrogen-bond donors (Lipinski definition) is 1. The largest absolute Gasteiger partial charge is 0.497 e. The molecule has 0 aliphatic rings. The summed E-state index contributed by atoms with van der Waals surface area (Å²) in [6.07, 6.45) is 2.02. The smallest absolute Gasteiger partial charge is 0.269 e. The molecule has 0 saturated heterocycles. The van der Waals surface area contributed by atoms with Gasteiger partial charge in [0.05, 0.1) is 23.4 Å². The number of tetrazole rings is 1. The Kier molecular flexibility index (Phi) is 5.13. The summed E-state index contributed by atoms with van der Waals surface area (Å²) < 4.78 is 6.74. The second-order valence-corrected chi connectivity index (χ2v) is 5.14. The molecule has 0 unspecified atom stereocenters. The van der Waals surface area contributed by atoms with E-state index in [9.17, 15) is 10.1 Å². The van der Waals surface area contributed by atoms with E-state index in [1.165, 1.54) is 12.1 Å². The molecule has 0 aliphatic carbocycles. The van der Waals surface area contributed by atoms with Crippen molar-refractivity contribution in [1.82, 2.24) is 20.2 Å². The highest BCUT2D eigenvalue weighted by Gasteiger charge is 2.07. The molecule has 0 radical (unpaired) electrons. The molecule has 0 amide bonds. The molecule has 2 aromatic carbocycles. The van der Waals surface area contributed by atoms with Gasteiger partial charge in [-0.1, -0.05) is 0 Å². The third-order valence-corrected chi connectivity index (χ3v) is 3.49. The maximum absolute atomic E-state index is 10.6. The summed E-state index contributed by atoms with van der Waals surface area (Å²) in [6, 6.07) is 13.3. The highest BCUT2D eigenvalue weighted by Crippen LogP contribution is 2.16. The van der Waals surface area contributed by atoms with Crippen LogP contribution < -0.4 is 10.2 Å². The van der Waals surface area contributed by atoms with Crippen molar-refractivity contribution in [2.45, 2.75) is 6.42 Å². The minimum absolute atomic E-state index is 0.0261. The Labute approximate surface area is 148 Å². The zero-order valence-electron chi connectivity index (χ0n) is 13.8. The molecule has 0 bridgehead atoms. The Balaban J connectivity index is 1.62. The highest BCUT2D eigenvalue weighted by molar-refractivity contribution is 5.62. The fraction of sp³-hybridized carbons (Fsp3) is 0.125. The van der Waals surface area contributed by atoms with Gasteiger partial charge in [-0.3, -0.25) is 15.5 Å². The van der Waals surface area contributed by atoms with E-state index in [1.54, 1.807) is 30.1 Å². The molecule has 0 fully saturated rings. The van der Waals surface area contributed by atoms with Crippen molar-refractivity contribution in [3.05, 3.63) is 64.5 Å². The molecule has 26 heavy (non-hydrogen) atoms. The van der Waals surface area contributed by atoms with E-state index < -0.39 is 4.92 Å². The highest BCUT2D eigenvalue weighted by atomic mass is 16.6. The normalized spacial score (nSPS) is 10.8. The predicted octanol–water partition coefficient (Wildman–Crippen LogP) is 2.22. The molecule has 0 spiro atoms. The van der Waals surface area contributed by atoms with Crippen LogP contribution in [0.4, 0.5) is 11.4 Å². The SMILES string of the molecule is COc1ccc(-n2nnnc2CC=NNc2ccc([N+](=O)[O-])cc2)cc1. The summed E-state index contributed by atoms with van der Waals surface area (Å²) in [5, 5.41) is 26.3. The maximum Gasteiger partial charge on any atom is 0.269 e. The van der Waals surface area contributed by atoms with Crippen LogP contribution in [0.1, 0.15) is 5.82 Å². The van der Waals surface area contributed by atoms with Crippen LogP contribution in [0, 0.1) is 10.1 Å². The molecule has 3 aromatic rings. The molecule has 3 rings (SSSR count). The van der Waals surface area contributed by atoms with Gasteiger partial charge in [-0.2, -0.15) is 9.78 Å². The third kappa shape index (κ3) is 3.98. The van der Waals surface area contributed by atoms with Crippen molar-refractivity contribution in [3.63, 3.8) is 0 Å². The Morgan fingerprint density at radius 2 is 1.96 bits per heavy atom. The van der Waals surface area contributed by atoms with Crippen LogP contribution in [0.15, 0.2) is 53.6 Å². The Bertz CT molecular complexity index is 904. The number of methoxy groups -OCH3 is 1. The van der Waals surface area contributed by atoms with Gasteiger partial charge in [0.2, 0.25) is 0 Å². The number of ether oxygens (including phenoxy) is 1. The molecule has 1 aromatic heterocycles. The summed E-state index contributed by atoms with van der Waals surface area (Å²) in [6.45, 7) is 0. The van der Waals surface area contributed by atoms with E-state index in [0.717, 1.165) is 11.4 Å². The number of nitro benzene ring substituents is 1. The lowest BCUT2D eigenvalue weighted by Gasteiger charge is -2.04. The van der Waals surface area contributed by atoms with Gasteiger partial charge in [0, 0.05) is 24.8 Å². The van der Waals surface area contributed by atoms with Crippen molar-refractivity contribution < 1.29 is 9.66 Å². The number of benzene rings is 2. The quantitative estimate of drug-likeness (QED) is 0.393. The number of non-ortho nitro benzene ring substituents is 1. The van der Waals surface area contributed by atoms with Gasteiger partial charge in [0.1, 0.15) is 5.75 Å². The van der Waals surface area contributed by atoms with Crippen LogP contribution in [0.5, 0.6) is 5.75 Å². The van der Waals surface area contributed by atoms with Gasteiger partial charge < -0.3 is 4.74 Å². The van der Waals surface area contributed by atoms with Gasteiger partial charge in [-0.25, -0.2) is 0 Å². The third-order valence-electron chi connectivity index (χ3n) is 3.49. The van der Waals surface area contributed by atoms with Crippen LogP contribution in [0.25, 0.3) is 5.69 Å². The number of rotatable bonds is 7. The molecule has 0 saturated carbocycles. The van der Waals surface area contributed by atoms with Crippen LogP contribution in [-0.2, 0) is 6.42 Å². The van der Waals surface area contributed by atoms with Crippen molar-refractivity contribution in [2.24, 2.45) is 5.10 Å². The standard InChI is InChI=1S/C16H15N7O3/c1-26-15-8-6-13(7-9-15)22-16(19-20-21-22)10-11-17-18-12-2-4-14(5-3-12)23(24)25/h2-9,11,18H,10H2,1H3. The van der Waals surface area contributed by atoms with Gasteiger partial charge in [-0.15, -0.1) is 5.10 Å². The number of anilines is 1. The summed E-state index contributed by atoms with van der Waals surface area (Å²) in [4.78, 5) is 10.2. The predicted molar refractivity (Wildman–Crippen MR) is 94.6 cm³/mol. The fourth-order valence-electron chi connectivity index (χ4n) is 2.16. The van der Waals surface area contributed by atoms with Crippen molar-refractivity contribution in [2.75, 3.05) is 12.5 Å². The lowest BCUT2D eigenvalue weighted by molar-refractivity contribution is -0.384. The topological polar surface area (TPSA) is 120 Å². The van der Waals surface area contributed by atoms with Crippen molar-refractivity contribution >= 4 is 17.6 Å². The fourth-order valence-corrected chi connectivity index (χ4v) is 2.16. The Morgan fingerprint density at radius 1 is 1.23 bits per heavy atom. The van der Waals surface area contributed by atoms with E-state index in [2.05, 4.69) is 26.1 Å². The van der Waals surface area contributed by atoms with E-state index in [4.69, 9.17) is 4.74 Å². The minimum atomic E-state index is -0.452. The van der Waals surface area contributed by atoms with Gasteiger partial charge in [0.15, 0.2) is 5.82 Å². The molecule has 132 valence electrons. The molecular formula is C16H15N7O3. The zero-order valence-corrected chi connectivity index (χ0v) is 13.8. The van der Waals surface area contributed by atoms with Crippen LogP contribution in [-0.4, -0.2) is 38.5 Å². The minimum Gasteiger partial charge on any atom is -0.497 e. The zero-order chi connectivity index (χ0) is 18.4. The monoisotopic (exact) mass is 353 g/mol. The summed E-state index contributed by atoms with van der Waals surface area (Å²) in [5.41, 5.74) is 4.27. The lowest BCUT2D eigenvalue weighted by atomic mass is 10.3. The van der Waals surface area contributed by atoms with E-state index in [1.807, 2.05) is 24.3 Å². The summed E-state index contributed by atoms with van der Waals surface area (Å²) in [7, 11) is 1.60. The number of nitro groups is 1.